The first kappa shape index (κ1) is 17.9. The Bertz CT molecular complexity index is 752. The van der Waals surface area contributed by atoms with E-state index in [1.54, 1.807) is 6.92 Å². The van der Waals surface area contributed by atoms with Crippen LogP contribution in [-0.4, -0.2) is 33.5 Å². The van der Waals surface area contributed by atoms with Crippen LogP contribution in [0.15, 0.2) is 34.3 Å². The SMILES string of the molecule is CC(CO)C1=C(O)C2=CC(=O)C3C(C)(C)CCCC3(C)C2=C(O)C1=O. The molecule has 0 aromatic carbocycles. The molecule has 1 saturated carbocycles. The van der Waals surface area contributed by atoms with Crippen molar-refractivity contribution in [2.45, 2.75) is 47.0 Å². The normalized spacial score (nSPS) is 33.0. The molecule has 0 bridgehead atoms. The number of hydrogen-bond donors (Lipinski definition) is 3. The van der Waals surface area contributed by atoms with E-state index in [-0.39, 0.29) is 40.6 Å². The van der Waals surface area contributed by atoms with Gasteiger partial charge < -0.3 is 15.3 Å². The van der Waals surface area contributed by atoms with Crippen LogP contribution in [0.3, 0.4) is 0 Å². The van der Waals surface area contributed by atoms with Gasteiger partial charge in [0.05, 0.1) is 5.57 Å². The van der Waals surface area contributed by atoms with Crippen LogP contribution >= 0.6 is 0 Å². The molecule has 5 nitrogen and oxygen atoms in total. The van der Waals surface area contributed by atoms with Crippen molar-refractivity contribution in [1.29, 1.82) is 0 Å². The Morgan fingerprint density at radius 3 is 2.40 bits per heavy atom. The molecule has 0 aromatic rings. The van der Waals surface area contributed by atoms with E-state index < -0.39 is 22.9 Å². The standard InChI is InChI=1S/C20H26O5/c1-10(9-21)13-15(23)11-8-12(22)18-19(2,3)6-5-7-20(18,4)14(11)17(25)16(13)24/h8,10,18,21,23,25H,5-7,9H2,1-4H3. The van der Waals surface area contributed by atoms with Crippen molar-refractivity contribution in [1.82, 2.24) is 0 Å². The van der Waals surface area contributed by atoms with Crippen LogP contribution in [0.25, 0.3) is 0 Å². The monoisotopic (exact) mass is 346 g/mol. The van der Waals surface area contributed by atoms with Crippen LogP contribution in [-0.2, 0) is 9.59 Å². The molecule has 3 unspecified atom stereocenters. The summed E-state index contributed by atoms with van der Waals surface area (Å²) in [6, 6.07) is 0. The second kappa shape index (κ2) is 5.56. The molecule has 0 spiro atoms. The summed E-state index contributed by atoms with van der Waals surface area (Å²) in [5, 5.41) is 30.8. The zero-order valence-electron chi connectivity index (χ0n) is 15.2. The third kappa shape index (κ3) is 2.32. The molecule has 3 atom stereocenters. The molecule has 3 aliphatic rings. The van der Waals surface area contributed by atoms with Gasteiger partial charge in [-0.05, 0) is 24.3 Å². The van der Waals surface area contributed by atoms with E-state index in [0.29, 0.717) is 12.0 Å². The minimum atomic E-state index is -0.690. The minimum Gasteiger partial charge on any atom is -0.507 e. The van der Waals surface area contributed by atoms with Gasteiger partial charge in [0.2, 0.25) is 5.78 Å². The van der Waals surface area contributed by atoms with Crippen LogP contribution in [0.2, 0.25) is 0 Å². The summed E-state index contributed by atoms with van der Waals surface area (Å²) >= 11 is 0. The highest BCUT2D eigenvalue weighted by Crippen LogP contribution is 2.60. The van der Waals surface area contributed by atoms with Crippen molar-refractivity contribution in [3.63, 3.8) is 0 Å². The molecule has 0 heterocycles. The summed E-state index contributed by atoms with van der Waals surface area (Å²) in [6.45, 7) is 7.27. The molecule has 0 saturated heterocycles. The number of ketones is 2. The number of carbonyl (C=O) groups excluding carboxylic acids is 2. The molecule has 3 N–H and O–H groups in total. The highest BCUT2D eigenvalue weighted by Gasteiger charge is 2.57. The summed E-state index contributed by atoms with van der Waals surface area (Å²) in [6.07, 6.45) is 3.83. The van der Waals surface area contributed by atoms with E-state index in [9.17, 15) is 24.9 Å². The van der Waals surface area contributed by atoms with Crippen LogP contribution in [0, 0.1) is 22.7 Å². The molecule has 5 heteroatoms. The molecule has 0 amide bonds. The van der Waals surface area contributed by atoms with Crippen molar-refractivity contribution in [3.8, 4) is 0 Å². The summed E-state index contributed by atoms with van der Waals surface area (Å²) in [5.41, 5.74) is -0.333. The van der Waals surface area contributed by atoms with Crippen molar-refractivity contribution in [2.75, 3.05) is 6.61 Å². The van der Waals surface area contributed by atoms with Crippen molar-refractivity contribution < 1.29 is 24.9 Å². The zero-order valence-corrected chi connectivity index (χ0v) is 15.2. The van der Waals surface area contributed by atoms with Crippen LogP contribution < -0.4 is 0 Å². The second-order valence-electron chi connectivity index (χ2n) is 8.55. The third-order valence-electron chi connectivity index (χ3n) is 6.32. The maximum Gasteiger partial charge on any atom is 0.227 e. The van der Waals surface area contributed by atoms with Gasteiger partial charge in [-0.3, -0.25) is 9.59 Å². The van der Waals surface area contributed by atoms with E-state index in [2.05, 4.69) is 0 Å². The van der Waals surface area contributed by atoms with E-state index in [1.807, 2.05) is 20.8 Å². The van der Waals surface area contributed by atoms with E-state index in [1.165, 1.54) is 6.08 Å². The van der Waals surface area contributed by atoms with Gasteiger partial charge in [-0.25, -0.2) is 0 Å². The fourth-order valence-electron chi connectivity index (χ4n) is 5.26. The number of allylic oxidation sites excluding steroid dienone is 3. The maximum atomic E-state index is 12.9. The maximum absolute atomic E-state index is 12.9. The lowest BCUT2D eigenvalue weighted by Crippen LogP contribution is -2.51. The molecule has 0 aromatic heterocycles. The molecule has 0 radical (unpaired) electrons. The predicted octanol–water partition coefficient (Wildman–Crippen LogP) is 3.16. The first-order valence-corrected chi connectivity index (χ1v) is 8.85. The van der Waals surface area contributed by atoms with E-state index >= 15 is 0 Å². The average Bonchev–Trinajstić information content (AvgIpc) is 2.50. The molecule has 136 valence electrons. The topological polar surface area (TPSA) is 94.8 Å². The quantitative estimate of drug-likeness (QED) is 0.714. The van der Waals surface area contributed by atoms with Gasteiger partial charge in [0.1, 0.15) is 5.76 Å². The lowest BCUT2D eigenvalue weighted by Gasteiger charge is -2.53. The lowest BCUT2D eigenvalue weighted by atomic mass is 9.49. The van der Waals surface area contributed by atoms with Gasteiger partial charge in [-0.1, -0.05) is 34.1 Å². The van der Waals surface area contributed by atoms with E-state index in [4.69, 9.17) is 0 Å². The molecular weight excluding hydrogens is 320 g/mol. The number of aliphatic hydroxyl groups is 3. The fraction of sp³-hybridized carbons (Fsp3) is 0.600. The Kier molecular flexibility index (Phi) is 3.99. The highest BCUT2D eigenvalue weighted by molar-refractivity contribution is 6.12. The Morgan fingerprint density at radius 2 is 1.80 bits per heavy atom. The number of aliphatic hydroxyl groups excluding tert-OH is 3. The summed E-state index contributed by atoms with van der Waals surface area (Å²) in [4.78, 5) is 25.6. The predicted molar refractivity (Wildman–Crippen MR) is 92.9 cm³/mol. The minimum absolute atomic E-state index is 0.0279. The van der Waals surface area contributed by atoms with Crippen molar-refractivity contribution in [3.05, 3.63) is 34.3 Å². The number of fused-ring (bicyclic) bond motifs is 3. The fourth-order valence-corrected chi connectivity index (χ4v) is 5.26. The number of rotatable bonds is 2. The summed E-state index contributed by atoms with van der Waals surface area (Å²) in [7, 11) is 0. The number of Topliss-reactive ketones (excluding diaryl/α,β-unsaturated/α-hetero) is 1. The Morgan fingerprint density at radius 1 is 1.16 bits per heavy atom. The summed E-state index contributed by atoms with van der Waals surface area (Å²) < 4.78 is 0. The number of hydrogen-bond acceptors (Lipinski definition) is 5. The third-order valence-corrected chi connectivity index (χ3v) is 6.32. The largest absolute Gasteiger partial charge is 0.507 e. The van der Waals surface area contributed by atoms with Crippen molar-refractivity contribution in [2.24, 2.45) is 22.7 Å². The molecule has 25 heavy (non-hydrogen) atoms. The van der Waals surface area contributed by atoms with Crippen molar-refractivity contribution >= 4 is 11.6 Å². The van der Waals surface area contributed by atoms with E-state index in [0.717, 1.165) is 12.8 Å². The second-order valence-corrected chi connectivity index (χ2v) is 8.55. The van der Waals surface area contributed by atoms with Crippen LogP contribution in [0.5, 0.6) is 0 Å². The van der Waals surface area contributed by atoms with Gasteiger partial charge >= 0.3 is 0 Å². The Labute approximate surface area is 147 Å². The summed E-state index contributed by atoms with van der Waals surface area (Å²) in [5.74, 6) is -2.36. The van der Waals surface area contributed by atoms with Gasteiger partial charge in [-0.2, -0.15) is 0 Å². The molecule has 3 aliphatic carbocycles. The average molecular weight is 346 g/mol. The number of carbonyl (C=O) groups is 2. The molecule has 0 aliphatic heterocycles. The zero-order chi connectivity index (χ0) is 18.7. The molecule has 1 fully saturated rings. The Hall–Kier alpha value is -1.88. The smallest absolute Gasteiger partial charge is 0.227 e. The van der Waals surface area contributed by atoms with Gasteiger partial charge in [0.15, 0.2) is 11.5 Å². The lowest BCUT2D eigenvalue weighted by molar-refractivity contribution is -0.130. The van der Waals surface area contributed by atoms with Gasteiger partial charge in [0, 0.05) is 35.0 Å². The first-order valence-electron chi connectivity index (χ1n) is 8.85. The van der Waals surface area contributed by atoms with Crippen LogP contribution in [0.1, 0.15) is 47.0 Å². The molecular formula is C20H26O5. The van der Waals surface area contributed by atoms with Crippen LogP contribution in [0.4, 0.5) is 0 Å². The first-order chi connectivity index (χ1) is 11.6. The molecule has 3 rings (SSSR count). The highest BCUT2D eigenvalue weighted by atomic mass is 16.3. The van der Waals surface area contributed by atoms with Gasteiger partial charge in [0.25, 0.3) is 0 Å². The van der Waals surface area contributed by atoms with Gasteiger partial charge in [-0.15, -0.1) is 0 Å². The Balaban J connectivity index is 2.27.